The van der Waals surface area contributed by atoms with Crippen LogP contribution in [0.25, 0.3) is 11.3 Å². The number of aromatic nitrogens is 3. The molecule has 5 rings (SSSR count). The Bertz CT molecular complexity index is 1150. The predicted octanol–water partition coefficient (Wildman–Crippen LogP) is 4.30. The Balaban J connectivity index is 1.34. The van der Waals surface area contributed by atoms with Crippen LogP contribution in [0.3, 0.4) is 0 Å². The average molecular weight is 483 g/mol. The Morgan fingerprint density at radius 2 is 1.91 bits per heavy atom. The lowest BCUT2D eigenvalue weighted by Crippen LogP contribution is -2.50. The van der Waals surface area contributed by atoms with Crippen LogP contribution in [0, 0.1) is 5.41 Å². The van der Waals surface area contributed by atoms with Crippen LogP contribution in [0.2, 0.25) is 0 Å². The first-order valence-corrected chi connectivity index (χ1v) is 13.3. The van der Waals surface area contributed by atoms with Crippen LogP contribution in [-0.4, -0.2) is 58.7 Å². The molecule has 180 valence electrons. The number of hydrogen-bond donors (Lipinski definition) is 0. The Hall–Kier alpha value is -1.94. The normalized spacial score (nSPS) is 26.8. The fourth-order valence-electron chi connectivity index (χ4n) is 5.97. The van der Waals surface area contributed by atoms with Crippen LogP contribution in [0.15, 0.2) is 24.5 Å². The van der Waals surface area contributed by atoms with Crippen molar-refractivity contribution in [1.82, 2.24) is 19.7 Å². The van der Waals surface area contributed by atoms with E-state index < -0.39 is 21.6 Å². The zero-order valence-corrected chi connectivity index (χ0v) is 19.7. The van der Waals surface area contributed by atoms with Crippen molar-refractivity contribution in [2.24, 2.45) is 5.41 Å². The molecule has 6 nitrogen and oxygen atoms in total. The van der Waals surface area contributed by atoms with E-state index in [4.69, 9.17) is 0 Å². The van der Waals surface area contributed by atoms with Gasteiger partial charge in [-0.15, -0.1) is 0 Å². The molecule has 10 heteroatoms. The molecule has 2 aromatic heterocycles. The molecule has 0 radical (unpaired) electrons. The van der Waals surface area contributed by atoms with Crippen LogP contribution in [-0.2, 0) is 16.0 Å². The number of alkyl halides is 3. The number of nitrogens with zero attached hydrogens (tertiary/aromatic N) is 4. The highest BCUT2D eigenvalue weighted by Gasteiger charge is 2.53. The third-order valence-electron chi connectivity index (χ3n) is 7.47. The number of sulfone groups is 1. The first-order chi connectivity index (χ1) is 15.4. The van der Waals surface area contributed by atoms with Gasteiger partial charge in [0.2, 0.25) is 0 Å². The zero-order chi connectivity index (χ0) is 23.6. The van der Waals surface area contributed by atoms with E-state index in [9.17, 15) is 21.6 Å². The van der Waals surface area contributed by atoms with E-state index in [1.807, 2.05) is 24.6 Å². The van der Waals surface area contributed by atoms with Gasteiger partial charge >= 0.3 is 6.18 Å². The van der Waals surface area contributed by atoms with Gasteiger partial charge in [0.1, 0.15) is 0 Å². The Morgan fingerprint density at radius 1 is 1.15 bits per heavy atom. The topological polar surface area (TPSA) is 68.1 Å². The van der Waals surface area contributed by atoms with Gasteiger partial charge < -0.3 is 0 Å². The maximum Gasteiger partial charge on any atom is 0.417 e. The van der Waals surface area contributed by atoms with Crippen LogP contribution in [0.1, 0.15) is 62.7 Å². The SMILES string of the molecule is CC(C)n1nc(-c2cncc(C(F)(F)F)c2)cc1[C@@H]1CC[C@@H](N2CCC3(C2)CS(=O)(=O)C3)C1. The van der Waals surface area contributed by atoms with Crippen molar-refractivity contribution in [2.75, 3.05) is 24.6 Å². The summed E-state index contributed by atoms with van der Waals surface area (Å²) >= 11 is 0. The molecule has 0 bridgehead atoms. The second-order valence-electron chi connectivity index (χ2n) is 10.4. The molecule has 33 heavy (non-hydrogen) atoms. The zero-order valence-electron chi connectivity index (χ0n) is 18.8. The molecule has 2 atom stereocenters. The number of pyridine rings is 1. The first-order valence-electron chi connectivity index (χ1n) is 11.5. The summed E-state index contributed by atoms with van der Waals surface area (Å²) in [5.41, 5.74) is 1.12. The van der Waals surface area contributed by atoms with E-state index in [1.54, 1.807) is 0 Å². The molecule has 2 saturated heterocycles. The smallest absolute Gasteiger partial charge is 0.300 e. The molecule has 0 aromatic carbocycles. The summed E-state index contributed by atoms with van der Waals surface area (Å²) < 4.78 is 64.8. The van der Waals surface area contributed by atoms with Gasteiger partial charge in [0.25, 0.3) is 0 Å². The van der Waals surface area contributed by atoms with Crippen molar-refractivity contribution in [3.63, 3.8) is 0 Å². The molecule has 1 aliphatic carbocycles. The Morgan fingerprint density at radius 3 is 2.58 bits per heavy atom. The molecule has 3 aliphatic rings. The predicted molar refractivity (Wildman–Crippen MR) is 119 cm³/mol. The molecule has 0 unspecified atom stereocenters. The summed E-state index contributed by atoms with van der Waals surface area (Å²) in [6.07, 6.45) is 1.76. The minimum absolute atomic E-state index is 0.0414. The first kappa shape index (κ1) is 22.8. The fraction of sp³-hybridized carbons (Fsp3) is 0.652. The minimum Gasteiger partial charge on any atom is -0.300 e. The van der Waals surface area contributed by atoms with Crippen LogP contribution in [0.4, 0.5) is 13.2 Å². The van der Waals surface area contributed by atoms with E-state index >= 15 is 0 Å². The van der Waals surface area contributed by atoms with Crippen molar-refractivity contribution in [3.05, 3.63) is 35.8 Å². The van der Waals surface area contributed by atoms with Gasteiger partial charge in [-0.05, 0) is 58.2 Å². The highest BCUT2D eigenvalue weighted by molar-refractivity contribution is 7.92. The van der Waals surface area contributed by atoms with Gasteiger partial charge in [0.15, 0.2) is 9.84 Å². The van der Waals surface area contributed by atoms with E-state index in [-0.39, 0.29) is 17.4 Å². The second kappa shape index (κ2) is 7.80. The van der Waals surface area contributed by atoms with Gasteiger partial charge in [-0.25, -0.2) is 8.42 Å². The largest absolute Gasteiger partial charge is 0.417 e. The van der Waals surface area contributed by atoms with Gasteiger partial charge in [0, 0.05) is 53.6 Å². The van der Waals surface area contributed by atoms with E-state index in [0.717, 1.165) is 56.7 Å². The molecule has 2 aliphatic heterocycles. The standard InChI is InChI=1S/C23H29F3N4O2S/c1-15(2)30-21(9-20(28-30)17-7-18(11-27-10-17)23(24,25)26)16-3-4-19(8-16)29-6-5-22(12-29)13-33(31,32)14-22/h7,9-11,15-16,19H,3-6,8,12-14H2,1-2H3/t16-,19-/m1/s1. The van der Waals surface area contributed by atoms with Crippen molar-refractivity contribution < 1.29 is 21.6 Å². The van der Waals surface area contributed by atoms with Crippen molar-refractivity contribution >= 4 is 9.84 Å². The minimum atomic E-state index is -4.45. The highest BCUT2D eigenvalue weighted by Crippen LogP contribution is 2.46. The quantitative estimate of drug-likeness (QED) is 0.650. The van der Waals surface area contributed by atoms with Gasteiger partial charge in [-0.3, -0.25) is 14.6 Å². The van der Waals surface area contributed by atoms with Crippen molar-refractivity contribution in [1.29, 1.82) is 0 Å². The fourth-order valence-corrected chi connectivity index (χ4v) is 8.22. The summed E-state index contributed by atoms with van der Waals surface area (Å²) in [4.78, 5) is 6.25. The molecule has 3 fully saturated rings. The summed E-state index contributed by atoms with van der Waals surface area (Å²) in [5, 5.41) is 4.66. The lowest BCUT2D eigenvalue weighted by Gasteiger charge is -2.38. The van der Waals surface area contributed by atoms with Crippen molar-refractivity contribution in [2.45, 2.75) is 63.7 Å². The molecular weight excluding hydrogens is 453 g/mol. The molecule has 0 amide bonds. The maximum atomic E-state index is 13.2. The molecule has 4 heterocycles. The molecule has 1 saturated carbocycles. The third kappa shape index (κ3) is 4.32. The maximum absolute atomic E-state index is 13.2. The van der Waals surface area contributed by atoms with Crippen LogP contribution in [0.5, 0.6) is 0 Å². The molecular formula is C23H29F3N4O2S. The van der Waals surface area contributed by atoms with Gasteiger partial charge in [-0.1, -0.05) is 0 Å². The Kier molecular flexibility index (Phi) is 5.39. The summed E-state index contributed by atoms with van der Waals surface area (Å²) in [6.45, 7) is 5.85. The lowest BCUT2D eigenvalue weighted by molar-refractivity contribution is -0.137. The average Bonchev–Trinajstić information content (AvgIpc) is 3.44. The molecule has 0 N–H and O–H groups in total. The van der Waals surface area contributed by atoms with Crippen LogP contribution < -0.4 is 0 Å². The van der Waals surface area contributed by atoms with Gasteiger partial charge in [0.05, 0.1) is 22.8 Å². The van der Waals surface area contributed by atoms with Crippen LogP contribution >= 0.6 is 0 Å². The Labute approximate surface area is 192 Å². The number of halogens is 3. The third-order valence-corrected chi connectivity index (χ3v) is 9.58. The summed E-state index contributed by atoms with van der Waals surface area (Å²) in [7, 11) is -2.84. The lowest BCUT2D eigenvalue weighted by atomic mass is 9.91. The van der Waals surface area contributed by atoms with E-state index in [0.29, 0.717) is 28.8 Å². The van der Waals surface area contributed by atoms with Crippen molar-refractivity contribution in [3.8, 4) is 11.3 Å². The number of hydrogen-bond acceptors (Lipinski definition) is 5. The molecule has 1 spiro atoms. The van der Waals surface area contributed by atoms with E-state index in [2.05, 4.69) is 15.0 Å². The molecule has 2 aromatic rings. The second-order valence-corrected chi connectivity index (χ2v) is 12.4. The monoisotopic (exact) mass is 482 g/mol. The number of rotatable bonds is 4. The van der Waals surface area contributed by atoms with E-state index in [1.165, 1.54) is 6.20 Å². The number of likely N-dealkylation sites (tertiary alicyclic amines) is 1. The summed E-state index contributed by atoms with van der Waals surface area (Å²) in [6, 6.07) is 3.53. The summed E-state index contributed by atoms with van der Waals surface area (Å²) in [5.74, 6) is 0.918. The highest BCUT2D eigenvalue weighted by atomic mass is 32.2. The van der Waals surface area contributed by atoms with Gasteiger partial charge in [-0.2, -0.15) is 18.3 Å².